The fraction of sp³-hybridized carbons (Fsp3) is 0.438. The van der Waals surface area contributed by atoms with Crippen LogP contribution in [0.3, 0.4) is 0 Å². The van der Waals surface area contributed by atoms with Gasteiger partial charge in [-0.25, -0.2) is 4.79 Å². The van der Waals surface area contributed by atoms with Crippen molar-refractivity contribution in [3.8, 4) is 0 Å². The molecule has 124 valence electrons. The van der Waals surface area contributed by atoms with E-state index in [0.29, 0.717) is 5.13 Å². The van der Waals surface area contributed by atoms with Gasteiger partial charge in [-0.3, -0.25) is 5.32 Å². The molecule has 0 radical (unpaired) electrons. The Balaban J connectivity index is 1.94. The highest BCUT2D eigenvalue weighted by atomic mass is 32.1. The highest BCUT2D eigenvalue weighted by Gasteiger charge is 2.11. The SMILES string of the molecule is CCCCN(C)c1nnc(NC(=O)Nc2ccccc2CC)s1. The van der Waals surface area contributed by atoms with Crippen LogP contribution >= 0.6 is 11.3 Å². The number of unbranched alkanes of at least 4 members (excludes halogenated alkanes) is 1. The van der Waals surface area contributed by atoms with E-state index in [0.717, 1.165) is 42.2 Å². The van der Waals surface area contributed by atoms with E-state index in [2.05, 4.69) is 39.6 Å². The van der Waals surface area contributed by atoms with E-state index in [1.807, 2.05) is 31.3 Å². The summed E-state index contributed by atoms with van der Waals surface area (Å²) < 4.78 is 0. The minimum atomic E-state index is -0.301. The molecule has 0 bridgehead atoms. The Morgan fingerprint density at radius 1 is 1.22 bits per heavy atom. The van der Waals surface area contributed by atoms with Crippen molar-refractivity contribution in [1.29, 1.82) is 0 Å². The van der Waals surface area contributed by atoms with Crippen LogP contribution in [0.1, 0.15) is 32.3 Å². The van der Waals surface area contributed by atoms with Gasteiger partial charge in [-0.1, -0.05) is 49.8 Å². The molecule has 0 saturated heterocycles. The Kier molecular flexibility index (Phi) is 6.34. The standard InChI is InChI=1S/C16H23N5OS/c1-4-6-11-21(3)16-20-19-15(23-16)18-14(22)17-13-10-8-7-9-12(13)5-2/h7-10H,4-6,11H2,1-3H3,(H2,17,18,19,22). The normalized spacial score (nSPS) is 10.4. The van der Waals surface area contributed by atoms with E-state index in [-0.39, 0.29) is 6.03 Å². The number of amides is 2. The molecule has 0 aliphatic heterocycles. The first-order chi connectivity index (χ1) is 11.1. The molecule has 0 aliphatic carbocycles. The number of para-hydroxylation sites is 1. The number of rotatable bonds is 7. The van der Waals surface area contributed by atoms with Crippen LogP contribution in [0.5, 0.6) is 0 Å². The largest absolute Gasteiger partial charge is 0.350 e. The Morgan fingerprint density at radius 2 is 2.00 bits per heavy atom. The number of benzene rings is 1. The van der Waals surface area contributed by atoms with Crippen molar-refractivity contribution in [1.82, 2.24) is 10.2 Å². The van der Waals surface area contributed by atoms with Crippen molar-refractivity contribution in [2.24, 2.45) is 0 Å². The molecule has 0 atom stereocenters. The zero-order valence-electron chi connectivity index (χ0n) is 13.8. The number of hydrogen-bond donors (Lipinski definition) is 2. The first-order valence-corrected chi connectivity index (χ1v) is 8.66. The minimum Gasteiger partial charge on any atom is -0.350 e. The van der Waals surface area contributed by atoms with Gasteiger partial charge < -0.3 is 10.2 Å². The molecule has 1 aromatic heterocycles. The first kappa shape index (κ1) is 17.2. The molecule has 0 spiro atoms. The Bertz CT molecular complexity index is 643. The second-order valence-corrected chi connectivity index (χ2v) is 6.21. The molecule has 23 heavy (non-hydrogen) atoms. The van der Waals surface area contributed by atoms with Crippen LogP contribution in [0.4, 0.5) is 20.7 Å². The molecule has 1 heterocycles. The lowest BCUT2D eigenvalue weighted by Gasteiger charge is -2.13. The molecule has 1 aromatic carbocycles. The second-order valence-electron chi connectivity index (χ2n) is 5.25. The molecule has 6 nitrogen and oxygen atoms in total. The second kappa shape index (κ2) is 8.47. The fourth-order valence-electron chi connectivity index (χ4n) is 2.11. The van der Waals surface area contributed by atoms with E-state index in [1.54, 1.807) is 0 Å². The lowest BCUT2D eigenvalue weighted by atomic mass is 10.1. The van der Waals surface area contributed by atoms with Gasteiger partial charge in [0.15, 0.2) is 0 Å². The van der Waals surface area contributed by atoms with E-state index < -0.39 is 0 Å². The summed E-state index contributed by atoms with van der Waals surface area (Å²) in [5, 5.41) is 15.0. The van der Waals surface area contributed by atoms with Gasteiger partial charge in [0, 0.05) is 19.3 Å². The number of carbonyl (C=O) groups excluding carboxylic acids is 1. The van der Waals surface area contributed by atoms with E-state index in [9.17, 15) is 4.79 Å². The van der Waals surface area contributed by atoms with Crippen molar-refractivity contribution < 1.29 is 4.79 Å². The summed E-state index contributed by atoms with van der Waals surface area (Å²) in [7, 11) is 1.98. The Labute approximate surface area is 140 Å². The third-order valence-corrected chi connectivity index (χ3v) is 4.41. The maximum absolute atomic E-state index is 12.1. The lowest BCUT2D eigenvalue weighted by molar-refractivity contribution is 0.262. The summed E-state index contributed by atoms with van der Waals surface area (Å²) in [4.78, 5) is 14.2. The predicted octanol–water partition coefficient (Wildman–Crippen LogP) is 3.98. The maximum atomic E-state index is 12.1. The molecular formula is C16H23N5OS. The van der Waals surface area contributed by atoms with Crippen molar-refractivity contribution in [3.05, 3.63) is 29.8 Å². The third-order valence-electron chi connectivity index (χ3n) is 3.45. The van der Waals surface area contributed by atoms with Crippen LogP contribution in [0.25, 0.3) is 0 Å². The van der Waals surface area contributed by atoms with E-state index in [4.69, 9.17) is 0 Å². The number of hydrogen-bond acceptors (Lipinski definition) is 5. The van der Waals surface area contributed by atoms with Gasteiger partial charge in [-0.2, -0.15) is 0 Å². The Hall–Kier alpha value is -2.15. The molecule has 0 aliphatic rings. The summed E-state index contributed by atoms with van der Waals surface area (Å²) in [6.45, 7) is 5.14. The minimum absolute atomic E-state index is 0.301. The quantitative estimate of drug-likeness (QED) is 0.804. The van der Waals surface area contributed by atoms with Gasteiger partial charge in [0.1, 0.15) is 0 Å². The van der Waals surface area contributed by atoms with Crippen LogP contribution in [0.2, 0.25) is 0 Å². The van der Waals surface area contributed by atoms with Crippen LogP contribution in [0.15, 0.2) is 24.3 Å². The van der Waals surface area contributed by atoms with Gasteiger partial charge in [-0.15, -0.1) is 10.2 Å². The highest BCUT2D eigenvalue weighted by Crippen LogP contribution is 2.23. The summed E-state index contributed by atoms with van der Waals surface area (Å²) >= 11 is 1.37. The van der Waals surface area contributed by atoms with Crippen molar-refractivity contribution in [2.45, 2.75) is 33.1 Å². The number of carbonyl (C=O) groups is 1. The molecule has 0 unspecified atom stereocenters. The highest BCUT2D eigenvalue weighted by molar-refractivity contribution is 7.19. The molecule has 2 rings (SSSR count). The molecule has 2 aromatic rings. The van der Waals surface area contributed by atoms with Crippen LogP contribution in [-0.4, -0.2) is 29.8 Å². The van der Waals surface area contributed by atoms with Crippen LogP contribution in [-0.2, 0) is 6.42 Å². The molecular weight excluding hydrogens is 310 g/mol. The summed E-state index contributed by atoms with van der Waals surface area (Å²) in [5.74, 6) is 0. The Morgan fingerprint density at radius 3 is 2.74 bits per heavy atom. The van der Waals surface area contributed by atoms with Crippen LogP contribution < -0.4 is 15.5 Å². The molecule has 7 heteroatoms. The van der Waals surface area contributed by atoms with Gasteiger partial charge in [0.05, 0.1) is 0 Å². The fourth-order valence-corrected chi connectivity index (χ4v) is 2.84. The molecule has 2 N–H and O–H groups in total. The first-order valence-electron chi connectivity index (χ1n) is 7.84. The van der Waals surface area contributed by atoms with Gasteiger partial charge in [0.2, 0.25) is 10.3 Å². The smallest absolute Gasteiger partial charge is 0.325 e. The number of urea groups is 1. The summed E-state index contributed by atoms with van der Waals surface area (Å²) in [5.41, 5.74) is 1.91. The van der Waals surface area contributed by atoms with Crippen molar-refractivity contribution in [3.63, 3.8) is 0 Å². The van der Waals surface area contributed by atoms with E-state index >= 15 is 0 Å². The third kappa shape index (κ3) is 4.92. The molecule has 2 amide bonds. The number of anilines is 3. The molecule has 0 fully saturated rings. The zero-order valence-corrected chi connectivity index (χ0v) is 14.6. The van der Waals surface area contributed by atoms with Crippen LogP contribution in [0, 0.1) is 0 Å². The average Bonchev–Trinajstić information content (AvgIpc) is 3.01. The maximum Gasteiger partial charge on any atom is 0.325 e. The number of nitrogens with one attached hydrogen (secondary N) is 2. The zero-order chi connectivity index (χ0) is 16.7. The summed E-state index contributed by atoms with van der Waals surface area (Å²) in [6, 6.07) is 7.46. The van der Waals surface area contributed by atoms with Crippen molar-refractivity contribution >= 4 is 33.3 Å². The number of aromatic nitrogens is 2. The molecule has 0 saturated carbocycles. The number of aryl methyl sites for hydroxylation is 1. The van der Waals surface area contributed by atoms with Crippen molar-refractivity contribution in [2.75, 3.05) is 29.1 Å². The lowest BCUT2D eigenvalue weighted by Crippen LogP contribution is -2.20. The predicted molar refractivity (Wildman–Crippen MR) is 96.5 cm³/mol. The average molecular weight is 333 g/mol. The van der Waals surface area contributed by atoms with Gasteiger partial charge in [-0.05, 0) is 24.5 Å². The van der Waals surface area contributed by atoms with Gasteiger partial charge >= 0.3 is 6.03 Å². The van der Waals surface area contributed by atoms with E-state index in [1.165, 1.54) is 11.3 Å². The summed E-state index contributed by atoms with van der Waals surface area (Å²) in [6.07, 6.45) is 3.10. The monoisotopic (exact) mass is 333 g/mol. The number of nitrogens with zero attached hydrogens (tertiary/aromatic N) is 3. The van der Waals surface area contributed by atoms with Gasteiger partial charge in [0.25, 0.3) is 0 Å². The topological polar surface area (TPSA) is 70.2 Å².